The van der Waals surface area contributed by atoms with Gasteiger partial charge in [-0.05, 0) is 48.9 Å². The van der Waals surface area contributed by atoms with E-state index in [0.717, 1.165) is 24.2 Å². The lowest BCUT2D eigenvalue weighted by atomic mass is 10.00. The van der Waals surface area contributed by atoms with Crippen molar-refractivity contribution in [2.75, 3.05) is 26.8 Å². The normalized spacial score (nSPS) is 16.4. The summed E-state index contributed by atoms with van der Waals surface area (Å²) in [6, 6.07) is 9.40. The highest BCUT2D eigenvalue weighted by atomic mass is 32.1. The van der Waals surface area contributed by atoms with Crippen LogP contribution in [0.25, 0.3) is 0 Å². The van der Waals surface area contributed by atoms with Gasteiger partial charge in [0.25, 0.3) is 0 Å². The topological polar surface area (TPSA) is 59.1 Å². The molecule has 0 saturated heterocycles. The summed E-state index contributed by atoms with van der Waals surface area (Å²) in [7, 11) is 1.62. The van der Waals surface area contributed by atoms with Gasteiger partial charge in [0.05, 0.1) is 13.2 Å². The molecule has 7 heteroatoms. The first-order valence-electron chi connectivity index (χ1n) is 11.3. The zero-order valence-electron chi connectivity index (χ0n) is 19.7. The van der Waals surface area contributed by atoms with Gasteiger partial charge in [-0.2, -0.15) is 0 Å². The Bertz CT molecular complexity index is 926. The Morgan fingerprint density at radius 3 is 2.66 bits per heavy atom. The second-order valence-corrected chi connectivity index (χ2v) is 9.52. The molecule has 2 aromatic rings. The lowest BCUT2D eigenvalue weighted by Crippen LogP contribution is -2.50. The van der Waals surface area contributed by atoms with Crippen molar-refractivity contribution in [3.8, 4) is 11.5 Å². The quantitative estimate of drug-likeness (QED) is 0.553. The van der Waals surface area contributed by atoms with Gasteiger partial charge in [0.2, 0.25) is 11.8 Å². The van der Waals surface area contributed by atoms with E-state index in [1.165, 1.54) is 4.88 Å². The predicted molar refractivity (Wildman–Crippen MR) is 127 cm³/mol. The number of nitrogens with zero attached hydrogens (tertiary/aromatic N) is 2. The Morgan fingerprint density at radius 1 is 1.22 bits per heavy atom. The average molecular weight is 459 g/mol. The van der Waals surface area contributed by atoms with Crippen LogP contribution in [0, 0.1) is 5.92 Å². The van der Waals surface area contributed by atoms with E-state index in [-0.39, 0.29) is 36.4 Å². The lowest BCUT2D eigenvalue weighted by molar-refractivity contribution is -0.146. The van der Waals surface area contributed by atoms with Crippen molar-refractivity contribution < 1.29 is 19.1 Å². The number of hydrogen-bond acceptors (Lipinski definition) is 5. The van der Waals surface area contributed by atoms with Gasteiger partial charge >= 0.3 is 0 Å². The van der Waals surface area contributed by atoms with Gasteiger partial charge in [-0.15, -0.1) is 11.3 Å². The maximum Gasteiger partial charge on any atom is 0.242 e. The molecular formula is C25H34N2O4S. The minimum atomic E-state index is -0.184. The van der Waals surface area contributed by atoms with Crippen LogP contribution in [-0.4, -0.2) is 54.5 Å². The van der Waals surface area contributed by atoms with Crippen molar-refractivity contribution in [3.05, 3.63) is 46.2 Å². The summed E-state index contributed by atoms with van der Waals surface area (Å²) in [6.07, 6.45) is 1.64. The Morgan fingerprint density at radius 2 is 1.97 bits per heavy atom. The Kier molecular flexibility index (Phi) is 8.18. The van der Waals surface area contributed by atoms with Gasteiger partial charge in [-0.3, -0.25) is 9.59 Å². The molecule has 3 rings (SSSR count). The van der Waals surface area contributed by atoms with E-state index in [4.69, 9.17) is 9.47 Å². The number of amides is 2. The van der Waals surface area contributed by atoms with Gasteiger partial charge in [0.15, 0.2) is 0 Å². The number of carbonyl (C=O) groups is 2. The SMILES string of the molecule is CC[C@@H](C)N(CC(=O)N1CCc2sccc2[C@H]1COc1cccc(OC)c1)C(=O)C(C)C. The van der Waals surface area contributed by atoms with Crippen LogP contribution in [0.2, 0.25) is 0 Å². The lowest BCUT2D eigenvalue weighted by Gasteiger charge is -2.38. The molecule has 32 heavy (non-hydrogen) atoms. The summed E-state index contributed by atoms with van der Waals surface area (Å²) in [6.45, 7) is 8.88. The average Bonchev–Trinajstić information content (AvgIpc) is 3.29. The molecule has 2 amide bonds. The van der Waals surface area contributed by atoms with Crippen LogP contribution in [0.5, 0.6) is 11.5 Å². The molecule has 0 radical (unpaired) electrons. The number of ether oxygens (including phenoxy) is 2. The highest BCUT2D eigenvalue weighted by molar-refractivity contribution is 7.10. The molecule has 0 bridgehead atoms. The van der Waals surface area contributed by atoms with Crippen LogP contribution >= 0.6 is 11.3 Å². The highest BCUT2D eigenvalue weighted by Gasteiger charge is 2.34. The molecule has 1 aliphatic heterocycles. The second-order valence-electron chi connectivity index (χ2n) is 8.52. The van der Waals surface area contributed by atoms with Gasteiger partial charge in [-0.25, -0.2) is 0 Å². The molecule has 0 unspecified atom stereocenters. The predicted octanol–water partition coefficient (Wildman–Crippen LogP) is 4.54. The fourth-order valence-corrected chi connectivity index (χ4v) is 4.91. The number of carbonyl (C=O) groups excluding carboxylic acids is 2. The number of fused-ring (bicyclic) bond motifs is 1. The molecule has 0 fully saturated rings. The van der Waals surface area contributed by atoms with Crippen LogP contribution in [0.15, 0.2) is 35.7 Å². The van der Waals surface area contributed by atoms with Crippen molar-refractivity contribution in [1.29, 1.82) is 0 Å². The maximum atomic E-state index is 13.5. The first-order chi connectivity index (χ1) is 15.3. The highest BCUT2D eigenvalue weighted by Crippen LogP contribution is 2.34. The maximum absolute atomic E-state index is 13.5. The Balaban J connectivity index is 1.79. The third kappa shape index (κ3) is 5.44. The van der Waals surface area contributed by atoms with E-state index in [0.29, 0.717) is 18.9 Å². The van der Waals surface area contributed by atoms with E-state index >= 15 is 0 Å². The number of benzene rings is 1. The molecule has 0 N–H and O–H groups in total. The van der Waals surface area contributed by atoms with Gasteiger partial charge < -0.3 is 19.3 Å². The molecule has 6 nitrogen and oxygen atoms in total. The molecule has 0 spiro atoms. The first-order valence-corrected chi connectivity index (χ1v) is 12.2. The van der Waals surface area contributed by atoms with E-state index in [9.17, 15) is 9.59 Å². The summed E-state index contributed by atoms with van der Waals surface area (Å²) in [5, 5.41) is 2.07. The second kappa shape index (κ2) is 10.9. The summed E-state index contributed by atoms with van der Waals surface area (Å²) in [5.74, 6) is 1.27. The standard InChI is InChI=1S/C25H34N2O4S/c1-6-18(4)27(25(29)17(2)3)15-24(28)26-12-10-23-21(11-13-32-23)22(26)16-31-20-9-7-8-19(14-20)30-5/h7-9,11,13-14,17-18,22H,6,10,12,15-16H2,1-5H3/t18-,22-/m1/s1. The van der Waals surface area contributed by atoms with Crippen LogP contribution in [-0.2, 0) is 16.0 Å². The summed E-state index contributed by atoms with van der Waals surface area (Å²) < 4.78 is 11.4. The van der Waals surface area contributed by atoms with E-state index in [1.54, 1.807) is 23.3 Å². The summed E-state index contributed by atoms with van der Waals surface area (Å²) in [4.78, 5) is 31.2. The number of methoxy groups -OCH3 is 1. The molecular weight excluding hydrogens is 424 g/mol. The van der Waals surface area contributed by atoms with Crippen LogP contribution in [0.3, 0.4) is 0 Å². The van der Waals surface area contributed by atoms with Gasteiger partial charge in [-0.1, -0.05) is 26.8 Å². The first kappa shape index (κ1) is 24.1. The molecule has 174 valence electrons. The van der Waals surface area contributed by atoms with Crippen molar-refractivity contribution in [1.82, 2.24) is 9.80 Å². The van der Waals surface area contributed by atoms with Crippen molar-refractivity contribution in [2.45, 2.75) is 52.6 Å². The van der Waals surface area contributed by atoms with Gasteiger partial charge in [0.1, 0.15) is 24.7 Å². The largest absolute Gasteiger partial charge is 0.497 e. The molecule has 0 aliphatic carbocycles. The Labute approximate surface area is 195 Å². The number of thiophene rings is 1. The third-order valence-corrected chi connectivity index (χ3v) is 7.07. The van der Waals surface area contributed by atoms with Crippen LogP contribution in [0.1, 0.15) is 50.6 Å². The van der Waals surface area contributed by atoms with Crippen molar-refractivity contribution in [3.63, 3.8) is 0 Å². The zero-order valence-corrected chi connectivity index (χ0v) is 20.5. The monoisotopic (exact) mass is 458 g/mol. The van der Waals surface area contributed by atoms with E-state index in [1.807, 2.05) is 56.9 Å². The van der Waals surface area contributed by atoms with E-state index < -0.39 is 0 Å². The fraction of sp³-hybridized carbons (Fsp3) is 0.520. The molecule has 2 heterocycles. The van der Waals surface area contributed by atoms with Crippen LogP contribution < -0.4 is 9.47 Å². The minimum absolute atomic E-state index is 0.0156. The molecule has 1 aromatic carbocycles. The smallest absolute Gasteiger partial charge is 0.242 e. The Hall–Kier alpha value is -2.54. The van der Waals surface area contributed by atoms with Crippen molar-refractivity contribution >= 4 is 23.2 Å². The summed E-state index contributed by atoms with van der Waals surface area (Å²) >= 11 is 1.72. The number of rotatable bonds is 9. The molecule has 1 aromatic heterocycles. The zero-order chi connectivity index (χ0) is 23.3. The minimum Gasteiger partial charge on any atom is -0.497 e. The molecule has 1 aliphatic rings. The third-order valence-electron chi connectivity index (χ3n) is 6.07. The van der Waals surface area contributed by atoms with E-state index in [2.05, 4.69) is 11.4 Å². The summed E-state index contributed by atoms with van der Waals surface area (Å²) in [5.41, 5.74) is 1.14. The van der Waals surface area contributed by atoms with Gasteiger partial charge in [0, 0.05) is 29.4 Å². The number of hydrogen-bond donors (Lipinski definition) is 0. The fourth-order valence-electron chi connectivity index (χ4n) is 3.98. The van der Waals surface area contributed by atoms with Crippen LogP contribution in [0.4, 0.5) is 0 Å². The van der Waals surface area contributed by atoms with Crippen molar-refractivity contribution in [2.24, 2.45) is 5.92 Å². The molecule has 0 saturated carbocycles. The molecule has 2 atom stereocenters.